The van der Waals surface area contributed by atoms with Crippen molar-refractivity contribution in [1.29, 1.82) is 0 Å². The van der Waals surface area contributed by atoms with Gasteiger partial charge in [0, 0.05) is 11.4 Å². The molecule has 3 heterocycles. The summed E-state index contributed by atoms with van der Waals surface area (Å²) < 4.78 is 94.1. The van der Waals surface area contributed by atoms with Crippen LogP contribution < -0.4 is 11.1 Å². The Balaban J connectivity index is 0.000000246. The summed E-state index contributed by atoms with van der Waals surface area (Å²) in [5.74, 6) is -0.844. The van der Waals surface area contributed by atoms with Gasteiger partial charge in [-0.25, -0.2) is 9.69 Å². The van der Waals surface area contributed by atoms with E-state index in [-0.39, 0.29) is 24.5 Å². The zero-order chi connectivity index (χ0) is 41.2. The van der Waals surface area contributed by atoms with Crippen LogP contribution in [0.5, 0.6) is 0 Å². The molecule has 2 unspecified atom stereocenters. The van der Waals surface area contributed by atoms with Gasteiger partial charge >= 0.3 is 12.4 Å². The first-order chi connectivity index (χ1) is 25.5. The van der Waals surface area contributed by atoms with Gasteiger partial charge in [0.2, 0.25) is 0 Å². The lowest BCUT2D eigenvalue weighted by atomic mass is 10.0. The zero-order valence-electron chi connectivity index (χ0n) is 30.7. The first-order valence-corrected chi connectivity index (χ1v) is 16.7. The minimum Gasteiger partial charge on any atom is -0.394 e. The minimum atomic E-state index is -4.87. The maximum absolute atomic E-state index is 13.6. The highest BCUT2D eigenvalue weighted by Gasteiger charge is 2.39. The second kappa shape index (κ2) is 16.2. The first kappa shape index (κ1) is 42.5. The molecule has 5 rings (SSSR count). The fourth-order valence-electron chi connectivity index (χ4n) is 6.33. The lowest BCUT2D eigenvalue weighted by Crippen LogP contribution is -2.31. The van der Waals surface area contributed by atoms with Crippen molar-refractivity contribution in [3.8, 4) is 22.5 Å². The van der Waals surface area contributed by atoms with E-state index in [1.165, 1.54) is 4.57 Å². The van der Waals surface area contributed by atoms with Crippen molar-refractivity contribution in [1.82, 2.24) is 9.13 Å². The highest BCUT2D eigenvalue weighted by Crippen LogP contribution is 2.39. The first-order valence-electron chi connectivity index (χ1n) is 16.7. The SMILES string of the molecule is [C-]#[N+]c1c(C(F)(F)F)cc(-c2cc(C)cc(C)c2)n(CC(O)CO)c1=O.[C-]#[N+]c1c(C(F)(F)F)cc(-c2cc(C)cc(C)c2)n(CC2COC(C)(C)O2)c1=O. The van der Waals surface area contributed by atoms with Crippen molar-refractivity contribution in [3.63, 3.8) is 0 Å². The molecule has 2 aromatic carbocycles. The van der Waals surface area contributed by atoms with Crippen molar-refractivity contribution >= 4 is 11.4 Å². The summed E-state index contributed by atoms with van der Waals surface area (Å²) in [6.45, 7) is 23.8. The minimum absolute atomic E-state index is 0.0226. The number of ether oxygens (including phenoxy) is 2. The van der Waals surface area contributed by atoms with E-state index in [1.807, 2.05) is 26.0 Å². The Bertz CT molecular complexity index is 2260. The molecule has 1 fully saturated rings. The van der Waals surface area contributed by atoms with Gasteiger partial charge in [0.25, 0.3) is 22.5 Å². The molecule has 4 aromatic rings. The van der Waals surface area contributed by atoms with E-state index in [9.17, 15) is 41.0 Å². The number of aliphatic hydroxyl groups excluding tert-OH is 2. The van der Waals surface area contributed by atoms with E-state index in [2.05, 4.69) is 9.69 Å². The molecule has 10 nitrogen and oxygen atoms in total. The molecule has 0 spiro atoms. The molecule has 1 saturated heterocycles. The van der Waals surface area contributed by atoms with Gasteiger partial charge in [-0.15, -0.1) is 0 Å². The maximum atomic E-state index is 13.6. The molecule has 55 heavy (non-hydrogen) atoms. The van der Waals surface area contributed by atoms with E-state index in [4.69, 9.17) is 27.7 Å². The summed E-state index contributed by atoms with van der Waals surface area (Å²) in [6, 6.07) is 12.0. The number of aryl methyl sites for hydroxylation is 4. The smallest absolute Gasteiger partial charge is 0.394 e. The Hall–Kier alpha value is -5.26. The van der Waals surface area contributed by atoms with Crippen LogP contribution in [0.4, 0.5) is 37.7 Å². The Morgan fingerprint density at radius 1 is 0.764 bits per heavy atom. The van der Waals surface area contributed by atoms with Crippen LogP contribution in [0.2, 0.25) is 0 Å². The van der Waals surface area contributed by atoms with Gasteiger partial charge in [-0.2, -0.15) is 26.3 Å². The molecular weight excluding hydrogens is 734 g/mol. The molecule has 2 aromatic heterocycles. The number of benzene rings is 2. The summed E-state index contributed by atoms with van der Waals surface area (Å²) in [5.41, 5.74) is -2.59. The molecule has 1 aliphatic heterocycles. The summed E-state index contributed by atoms with van der Waals surface area (Å²) in [4.78, 5) is 31.1. The number of halogens is 6. The normalized spacial score (nSPS) is 15.8. The summed E-state index contributed by atoms with van der Waals surface area (Å²) in [7, 11) is 0. The largest absolute Gasteiger partial charge is 0.407 e. The molecule has 0 aliphatic carbocycles. The van der Waals surface area contributed by atoms with Gasteiger partial charge in [-0.3, -0.25) is 9.59 Å². The van der Waals surface area contributed by atoms with Gasteiger partial charge < -0.3 is 28.8 Å². The Morgan fingerprint density at radius 2 is 1.16 bits per heavy atom. The zero-order valence-corrected chi connectivity index (χ0v) is 30.7. The van der Waals surface area contributed by atoms with Crippen molar-refractivity contribution in [2.24, 2.45) is 0 Å². The van der Waals surface area contributed by atoms with Gasteiger partial charge in [0.05, 0.1) is 56.7 Å². The number of hydrogen-bond acceptors (Lipinski definition) is 6. The average molecular weight is 773 g/mol. The van der Waals surface area contributed by atoms with Gasteiger partial charge in [-0.05, 0) is 89.1 Å². The van der Waals surface area contributed by atoms with E-state index in [1.54, 1.807) is 52.0 Å². The molecule has 1 aliphatic rings. The number of hydrogen-bond donors (Lipinski definition) is 2. The molecular formula is C39H38F6N4O6. The summed E-state index contributed by atoms with van der Waals surface area (Å²) in [6.07, 6.45) is -11.6. The van der Waals surface area contributed by atoms with Crippen molar-refractivity contribution < 1.29 is 46.0 Å². The molecule has 0 saturated carbocycles. The van der Waals surface area contributed by atoms with Crippen LogP contribution in [-0.4, -0.2) is 50.6 Å². The van der Waals surface area contributed by atoms with Gasteiger partial charge in [-0.1, -0.05) is 34.4 Å². The van der Waals surface area contributed by atoms with E-state index >= 15 is 0 Å². The third-order valence-electron chi connectivity index (χ3n) is 8.48. The van der Waals surface area contributed by atoms with Crippen LogP contribution in [0.15, 0.2) is 58.1 Å². The van der Waals surface area contributed by atoms with Crippen LogP contribution >= 0.6 is 0 Å². The molecule has 2 N–H and O–H groups in total. The lowest BCUT2D eigenvalue weighted by molar-refractivity contribution is -0.139. The van der Waals surface area contributed by atoms with Crippen molar-refractivity contribution in [2.45, 2.75) is 85.0 Å². The monoisotopic (exact) mass is 772 g/mol. The van der Waals surface area contributed by atoms with E-state index in [0.717, 1.165) is 39.0 Å². The van der Waals surface area contributed by atoms with Crippen LogP contribution in [0.1, 0.15) is 47.2 Å². The van der Waals surface area contributed by atoms with Crippen LogP contribution in [0.3, 0.4) is 0 Å². The van der Waals surface area contributed by atoms with Crippen LogP contribution in [-0.2, 0) is 34.9 Å². The molecule has 0 amide bonds. The lowest BCUT2D eigenvalue weighted by Gasteiger charge is -2.21. The summed E-state index contributed by atoms with van der Waals surface area (Å²) >= 11 is 0. The maximum Gasteiger partial charge on any atom is 0.407 e. The van der Waals surface area contributed by atoms with Crippen molar-refractivity contribution in [2.75, 3.05) is 13.2 Å². The van der Waals surface area contributed by atoms with E-state index < -0.39 is 77.1 Å². The predicted octanol–water partition coefficient (Wildman–Crippen LogP) is 7.91. The average Bonchev–Trinajstić information content (AvgIpc) is 3.42. The van der Waals surface area contributed by atoms with E-state index in [0.29, 0.717) is 11.1 Å². The number of aliphatic hydroxyl groups is 2. The predicted molar refractivity (Wildman–Crippen MR) is 192 cm³/mol. The third kappa shape index (κ3) is 9.89. The van der Waals surface area contributed by atoms with Crippen LogP contribution in [0.25, 0.3) is 32.2 Å². The Morgan fingerprint density at radius 3 is 1.51 bits per heavy atom. The van der Waals surface area contributed by atoms with Crippen molar-refractivity contribution in [3.05, 3.63) is 125 Å². The molecule has 292 valence electrons. The quantitative estimate of drug-likeness (QED) is 0.146. The molecule has 0 bridgehead atoms. The Labute approximate surface area is 312 Å². The van der Waals surface area contributed by atoms with Gasteiger partial charge in [0.15, 0.2) is 5.79 Å². The number of alkyl halides is 6. The van der Waals surface area contributed by atoms with Crippen LogP contribution in [0, 0.1) is 40.8 Å². The number of pyridine rings is 2. The second-order valence-corrected chi connectivity index (χ2v) is 13.7. The fourth-order valence-corrected chi connectivity index (χ4v) is 6.33. The topological polar surface area (TPSA) is 112 Å². The number of nitrogens with zero attached hydrogens (tertiary/aromatic N) is 4. The molecule has 0 radical (unpaired) electrons. The standard InChI is InChI=1S/C21H21F3N2O3.C18H17F3N2O3/c1-12-6-13(2)8-14(7-12)17-9-16(21(22,23)24)18(25-5)19(27)26(17)10-15-11-28-20(3,4)29-15;1-10-4-11(2)6-12(5-10)15-7-14(18(19,20)21)16(22-3)17(26)23(15)8-13(25)9-24/h6-9,15H,10-11H2,1-4H3;4-7,13,24-25H,8-9H2,1-2H3. The fraction of sp³-hybridized carbons (Fsp3) is 0.385. The Kier molecular flexibility index (Phi) is 12.5. The third-order valence-corrected chi connectivity index (χ3v) is 8.48. The highest BCUT2D eigenvalue weighted by molar-refractivity contribution is 5.68. The molecule has 2 atom stereocenters. The summed E-state index contributed by atoms with van der Waals surface area (Å²) in [5, 5.41) is 18.7. The molecule has 16 heteroatoms. The highest BCUT2D eigenvalue weighted by atomic mass is 19.4. The number of aromatic nitrogens is 2. The second-order valence-electron chi connectivity index (χ2n) is 13.7. The number of rotatable bonds is 7. The van der Waals surface area contributed by atoms with Gasteiger partial charge in [0.1, 0.15) is 6.10 Å².